The van der Waals surface area contributed by atoms with Gasteiger partial charge in [0.25, 0.3) is 0 Å². The van der Waals surface area contributed by atoms with E-state index in [-0.39, 0.29) is 15.8 Å². The second-order valence-corrected chi connectivity index (χ2v) is 4.19. The molecule has 0 aliphatic heterocycles. The quantitative estimate of drug-likeness (QED) is 0.846. The molecule has 0 amide bonds. The predicted molar refractivity (Wildman–Crippen MR) is 61.1 cm³/mol. The average molecular weight is 278 g/mol. The number of nitrogens with two attached hydrogens (primary N) is 1. The van der Waals surface area contributed by atoms with Crippen LogP contribution in [0.2, 0.25) is 10.2 Å². The normalized spacial score (nSPS) is 12.8. The van der Waals surface area contributed by atoms with Crippen LogP contribution in [0.4, 0.5) is 8.78 Å². The molecule has 1 unspecified atom stereocenters. The molecule has 2 aromatic rings. The SMILES string of the molecule is NC(c1ccc(Cl)o1)c1cc(F)c(F)cc1Cl. The van der Waals surface area contributed by atoms with Crippen molar-refractivity contribution in [3.63, 3.8) is 0 Å². The molecule has 0 saturated heterocycles. The third-order valence-corrected chi connectivity index (χ3v) is 2.81. The summed E-state index contributed by atoms with van der Waals surface area (Å²) in [5, 5.41) is 0.193. The zero-order valence-electron chi connectivity index (χ0n) is 8.38. The first kappa shape index (κ1) is 12.4. The summed E-state index contributed by atoms with van der Waals surface area (Å²) in [5.41, 5.74) is 6.06. The van der Waals surface area contributed by atoms with Crippen LogP contribution in [-0.4, -0.2) is 0 Å². The van der Waals surface area contributed by atoms with Gasteiger partial charge < -0.3 is 10.2 Å². The van der Waals surface area contributed by atoms with Gasteiger partial charge in [-0.2, -0.15) is 0 Å². The molecule has 1 atom stereocenters. The van der Waals surface area contributed by atoms with Gasteiger partial charge in [-0.05, 0) is 41.4 Å². The first-order chi connectivity index (χ1) is 7.99. The van der Waals surface area contributed by atoms with Gasteiger partial charge in [0, 0.05) is 5.02 Å². The molecule has 0 spiro atoms. The minimum absolute atomic E-state index is 0.0314. The lowest BCUT2D eigenvalue weighted by molar-refractivity contribution is 0.484. The van der Waals surface area contributed by atoms with Gasteiger partial charge in [0.1, 0.15) is 5.76 Å². The Kier molecular flexibility index (Phi) is 3.38. The van der Waals surface area contributed by atoms with E-state index >= 15 is 0 Å². The Bertz CT molecular complexity index is 556. The Morgan fingerprint density at radius 1 is 1.12 bits per heavy atom. The highest BCUT2D eigenvalue weighted by Gasteiger charge is 2.18. The molecule has 0 saturated carbocycles. The van der Waals surface area contributed by atoms with Gasteiger partial charge in [0.15, 0.2) is 16.9 Å². The molecule has 0 bridgehead atoms. The van der Waals surface area contributed by atoms with Crippen LogP contribution < -0.4 is 5.73 Å². The van der Waals surface area contributed by atoms with Crippen molar-refractivity contribution in [3.8, 4) is 0 Å². The van der Waals surface area contributed by atoms with Gasteiger partial charge in [0.05, 0.1) is 6.04 Å². The summed E-state index contributed by atoms with van der Waals surface area (Å²) in [6.45, 7) is 0. The molecule has 2 N–H and O–H groups in total. The number of halogens is 4. The topological polar surface area (TPSA) is 39.2 Å². The molecule has 6 heteroatoms. The standard InChI is InChI=1S/C11H7Cl2F2NO/c12-6-4-8(15)7(14)3-5(6)11(16)9-1-2-10(13)17-9/h1-4,11H,16H2. The summed E-state index contributed by atoms with van der Waals surface area (Å²) < 4.78 is 31.1. The monoisotopic (exact) mass is 277 g/mol. The van der Waals surface area contributed by atoms with E-state index in [9.17, 15) is 8.78 Å². The van der Waals surface area contributed by atoms with Gasteiger partial charge >= 0.3 is 0 Å². The molecular formula is C11H7Cl2F2NO. The molecule has 1 aromatic carbocycles. The van der Waals surface area contributed by atoms with E-state index in [1.165, 1.54) is 6.07 Å². The molecule has 17 heavy (non-hydrogen) atoms. The molecule has 2 rings (SSSR count). The van der Waals surface area contributed by atoms with Gasteiger partial charge in [-0.25, -0.2) is 8.78 Å². The largest absolute Gasteiger partial charge is 0.448 e. The van der Waals surface area contributed by atoms with Crippen LogP contribution >= 0.6 is 23.2 Å². The fourth-order valence-corrected chi connectivity index (χ4v) is 1.84. The van der Waals surface area contributed by atoms with Gasteiger partial charge in [-0.15, -0.1) is 0 Å². The lowest BCUT2D eigenvalue weighted by Crippen LogP contribution is -2.12. The molecule has 90 valence electrons. The van der Waals surface area contributed by atoms with Crippen LogP contribution in [0.3, 0.4) is 0 Å². The summed E-state index contributed by atoms with van der Waals surface area (Å²) in [6.07, 6.45) is 0. The highest BCUT2D eigenvalue weighted by Crippen LogP contribution is 2.30. The fraction of sp³-hybridized carbons (Fsp3) is 0.0909. The van der Waals surface area contributed by atoms with Crippen molar-refractivity contribution in [2.75, 3.05) is 0 Å². The van der Waals surface area contributed by atoms with Crippen LogP contribution in [-0.2, 0) is 0 Å². The summed E-state index contributed by atoms with van der Waals surface area (Å²) >= 11 is 11.4. The van der Waals surface area contributed by atoms with Crippen molar-refractivity contribution < 1.29 is 13.2 Å². The van der Waals surface area contributed by atoms with Gasteiger partial charge in [0.2, 0.25) is 0 Å². The van der Waals surface area contributed by atoms with Crippen LogP contribution in [0, 0.1) is 11.6 Å². The maximum Gasteiger partial charge on any atom is 0.193 e. The van der Waals surface area contributed by atoms with E-state index in [1.54, 1.807) is 6.07 Å². The summed E-state index contributed by atoms with van der Waals surface area (Å²) in [6, 6.07) is 4.06. The second kappa shape index (κ2) is 4.64. The van der Waals surface area contributed by atoms with Crippen LogP contribution in [0.25, 0.3) is 0 Å². The summed E-state index contributed by atoms with van der Waals surface area (Å²) in [7, 11) is 0. The number of benzene rings is 1. The third kappa shape index (κ3) is 2.44. The van der Waals surface area contributed by atoms with Crippen molar-refractivity contribution in [1.82, 2.24) is 0 Å². The van der Waals surface area contributed by atoms with Crippen LogP contribution in [0.5, 0.6) is 0 Å². The maximum atomic E-state index is 13.1. The smallest absolute Gasteiger partial charge is 0.193 e. The van der Waals surface area contributed by atoms with E-state index in [4.69, 9.17) is 33.4 Å². The molecule has 0 aliphatic carbocycles. The Balaban J connectivity index is 2.43. The lowest BCUT2D eigenvalue weighted by Gasteiger charge is -2.11. The molecule has 2 nitrogen and oxygen atoms in total. The summed E-state index contributed by atoms with van der Waals surface area (Å²) in [4.78, 5) is 0. The molecule has 1 heterocycles. The van der Waals surface area contributed by atoms with Crippen LogP contribution in [0.15, 0.2) is 28.7 Å². The Morgan fingerprint density at radius 3 is 2.35 bits per heavy atom. The van der Waals surface area contributed by atoms with Crippen LogP contribution in [0.1, 0.15) is 17.4 Å². The Morgan fingerprint density at radius 2 is 1.76 bits per heavy atom. The van der Waals surface area contributed by atoms with E-state index < -0.39 is 17.7 Å². The molecule has 1 aromatic heterocycles. The first-order valence-corrected chi connectivity index (χ1v) is 5.40. The van der Waals surface area contributed by atoms with Crippen molar-refractivity contribution in [3.05, 3.63) is 57.5 Å². The highest BCUT2D eigenvalue weighted by atomic mass is 35.5. The summed E-state index contributed by atoms with van der Waals surface area (Å²) in [5.74, 6) is -1.72. The molecular weight excluding hydrogens is 271 g/mol. The first-order valence-electron chi connectivity index (χ1n) is 4.64. The zero-order chi connectivity index (χ0) is 12.6. The number of rotatable bonds is 2. The van der Waals surface area contributed by atoms with E-state index in [0.29, 0.717) is 5.76 Å². The molecule has 0 aliphatic rings. The lowest BCUT2D eigenvalue weighted by atomic mass is 10.1. The van der Waals surface area contributed by atoms with Gasteiger partial charge in [-0.1, -0.05) is 11.6 Å². The van der Waals surface area contributed by atoms with Crippen molar-refractivity contribution in [2.45, 2.75) is 6.04 Å². The minimum Gasteiger partial charge on any atom is -0.448 e. The Hall–Kier alpha value is -1.10. The van der Waals surface area contributed by atoms with Crippen molar-refractivity contribution in [1.29, 1.82) is 0 Å². The van der Waals surface area contributed by atoms with Crippen molar-refractivity contribution >= 4 is 23.2 Å². The minimum atomic E-state index is -1.02. The Labute approximate surface area is 106 Å². The number of furan rings is 1. The number of hydrogen-bond donors (Lipinski definition) is 1. The predicted octanol–water partition coefficient (Wildman–Crippen LogP) is 3.91. The average Bonchev–Trinajstić information content (AvgIpc) is 2.69. The van der Waals surface area contributed by atoms with E-state index in [1.807, 2.05) is 0 Å². The second-order valence-electron chi connectivity index (χ2n) is 3.41. The van der Waals surface area contributed by atoms with E-state index in [0.717, 1.165) is 12.1 Å². The fourth-order valence-electron chi connectivity index (χ4n) is 1.42. The van der Waals surface area contributed by atoms with E-state index in [2.05, 4.69) is 0 Å². The number of hydrogen-bond acceptors (Lipinski definition) is 2. The maximum absolute atomic E-state index is 13.1. The highest BCUT2D eigenvalue weighted by molar-refractivity contribution is 6.31. The van der Waals surface area contributed by atoms with Gasteiger partial charge in [-0.3, -0.25) is 0 Å². The van der Waals surface area contributed by atoms with Crippen molar-refractivity contribution in [2.24, 2.45) is 5.73 Å². The third-order valence-electron chi connectivity index (χ3n) is 2.28. The molecule has 0 fully saturated rings. The molecule has 0 radical (unpaired) electrons. The zero-order valence-corrected chi connectivity index (χ0v) is 9.90.